The summed E-state index contributed by atoms with van der Waals surface area (Å²) in [5, 5.41) is 12.9. The van der Waals surface area contributed by atoms with Crippen molar-refractivity contribution in [3.8, 4) is 0 Å². The molecule has 1 N–H and O–H groups in total. The van der Waals surface area contributed by atoms with Gasteiger partial charge in [0, 0.05) is 0 Å². The van der Waals surface area contributed by atoms with E-state index in [1.807, 2.05) is 0 Å². The summed E-state index contributed by atoms with van der Waals surface area (Å²) >= 11 is 3.17. The number of imidazole rings is 1. The summed E-state index contributed by atoms with van der Waals surface area (Å²) in [5.74, 6) is -1.03. The van der Waals surface area contributed by atoms with E-state index in [0.717, 1.165) is 0 Å². The van der Waals surface area contributed by atoms with Crippen LogP contribution in [0.4, 0.5) is 0 Å². The number of fused-ring (bicyclic) bond motifs is 1. The van der Waals surface area contributed by atoms with Crippen molar-refractivity contribution < 1.29 is 9.90 Å². The van der Waals surface area contributed by atoms with E-state index in [0.29, 0.717) is 15.9 Å². The first-order valence-electron chi connectivity index (χ1n) is 3.85. The van der Waals surface area contributed by atoms with Crippen molar-refractivity contribution in [2.75, 3.05) is 0 Å². The minimum atomic E-state index is -1.03. The smallest absolute Gasteiger partial charge is 0.356 e. The number of halogens is 1. The molecule has 0 fully saturated rings. The Morgan fingerprint density at radius 3 is 2.93 bits per heavy atom. The fourth-order valence-corrected chi connectivity index (χ4v) is 1.56. The Bertz CT molecular complexity index is 521. The molecule has 0 aliphatic rings. The first-order chi connectivity index (χ1) is 6.59. The molecular weight excluding hydrogens is 250 g/mol. The van der Waals surface area contributed by atoms with Crippen LogP contribution in [0.5, 0.6) is 0 Å². The van der Waals surface area contributed by atoms with Gasteiger partial charge in [-0.2, -0.15) is 5.10 Å². The number of carboxylic acid groups (broad SMARTS) is 1. The van der Waals surface area contributed by atoms with Crippen LogP contribution in [-0.4, -0.2) is 25.7 Å². The van der Waals surface area contributed by atoms with Gasteiger partial charge in [0.1, 0.15) is 4.60 Å². The van der Waals surface area contributed by atoms with E-state index in [4.69, 9.17) is 5.11 Å². The van der Waals surface area contributed by atoms with E-state index in [2.05, 4.69) is 26.0 Å². The number of hydrogen-bond donors (Lipinski definition) is 1. The van der Waals surface area contributed by atoms with E-state index in [1.165, 1.54) is 4.52 Å². The van der Waals surface area contributed by atoms with E-state index in [1.54, 1.807) is 19.1 Å². The van der Waals surface area contributed by atoms with Crippen molar-refractivity contribution in [3.63, 3.8) is 0 Å². The minimum absolute atomic E-state index is 0.0984. The zero-order valence-corrected chi connectivity index (χ0v) is 8.82. The quantitative estimate of drug-likeness (QED) is 0.839. The molecule has 6 heteroatoms. The number of aromatic nitrogens is 3. The van der Waals surface area contributed by atoms with Crippen LogP contribution in [0, 0.1) is 6.92 Å². The standard InChI is InChI=1S/C8H6BrN3O2/c1-4-7(8(13)14)12-6(10-4)3-2-5(9)11-12/h2-3H,1H3,(H,13,14). The number of aryl methyl sites for hydroxylation is 1. The van der Waals surface area contributed by atoms with Crippen LogP contribution in [0.25, 0.3) is 5.65 Å². The molecule has 0 spiro atoms. The molecule has 0 amide bonds. The second kappa shape index (κ2) is 3.06. The Hall–Kier alpha value is -1.43. The summed E-state index contributed by atoms with van der Waals surface area (Å²) in [6.45, 7) is 1.64. The number of carboxylic acids is 1. The summed E-state index contributed by atoms with van der Waals surface area (Å²) in [7, 11) is 0. The molecule has 2 rings (SSSR count). The molecule has 5 nitrogen and oxygen atoms in total. The van der Waals surface area contributed by atoms with Crippen molar-refractivity contribution in [2.45, 2.75) is 6.92 Å². The van der Waals surface area contributed by atoms with Crippen LogP contribution in [0.3, 0.4) is 0 Å². The Labute approximate surface area is 87.5 Å². The second-order valence-electron chi connectivity index (χ2n) is 2.78. The van der Waals surface area contributed by atoms with Crippen LogP contribution in [0.2, 0.25) is 0 Å². The molecule has 0 atom stereocenters. The highest BCUT2D eigenvalue weighted by Gasteiger charge is 2.16. The molecule has 2 aromatic rings. The van der Waals surface area contributed by atoms with Gasteiger partial charge in [-0.15, -0.1) is 0 Å². The lowest BCUT2D eigenvalue weighted by Crippen LogP contribution is -2.05. The van der Waals surface area contributed by atoms with Gasteiger partial charge < -0.3 is 5.11 Å². The van der Waals surface area contributed by atoms with Gasteiger partial charge in [-0.3, -0.25) is 0 Å². The first-order valence-corrected chi connectivity index (χ1v) is 4.64. The van der Waals surface area contributed by atoms with E-state index in [-0.39, 0.29) is 5.69 Å². The van der Waals surface area contributed by atoms with Gasteiger partial charge in [-0.25, -0.2) is 14.3 Å². The van der Waals surface area contributed by atoms with Crippen LogP contribution >= 0.6 is 15.9 Å². The molecule has 0 aromatic carbocycles. The van der Waals surface area contributed by atoms with Crippen LogP contribution in [0.1, 0.15) is 16.2 Å². The molecule has 0 aliphatic heterocycles. The first kappa shape index (κ1) is 9.14. The van der Waals surface area contributed by atoms with Crippen LogP contribution in [-0.2, 0) is 0 Å². The number of rotatable bonds is 1. The van der Waals surface area contributed by atoms with Gasteiger partial charge in [0.05, 0.1) is 5.69 Å². The maximum atomic E-state index is 10.9. The van der Waals surface area contributed by atoms with Crippen LogP contribution < -0.4 is 0 Å². The molecule has 0 saturated carbocycles. The molecule has 0 aliphatic carbocycles. The number of nitrogens with zero attached hydrogens (tertiary/aromatic N) is 3. The van der Waals surface area contributed by atoms with Gasteiger partial charge in [-0.05, 0) is 35.0 Å². The van der Waals surface area contributed by atoms with E-state index >= 15 is 0 Å². The third-order valence-corrected chi connectivity index (χ3v) is 2.24. The number of carbonyl (C=O) groups is 1. The highest BCUT2D eigenvalue weighted by Crippen LogP contribution is 2.13. The maximum absolute atomic E-state index is 10.9. The molecular formula is C8H6BrN3O2. The summed E-state index contributed by atoms with van der Waals surface area (Å²) in [5.41, 5.74) is 1.09. The van der Waals surface area contributed by atoms with Crippen molar-refractivity contribution in [2.24, 2.45) is 0 Å². The third kappa shape index (κ3) is 1.27. The molecule has 0 saturated heterocycles. The highest BCUT2D eigenvalue weighted by molar-refractivity contribution is 9.10. The molecule has 0 radical (unpaired) electrons. The normalized spacial score (nSPS) is 10.7. The molecule has 2 aromatic heterocycles. The molecule has 0 unspecified atom stereocenters. The maximum Gasteiger partial charge on any atom is 0.356 e. The van der Waals surface area contributed by atoms with Gasteiger partial charge >= 0.3 is 5.97 Å². The SMILES string of the molecule is Cc1nc2ccc(Br)nn2c1C(=O)O. The lowest BCUT2D eigenvalue weighted by atomic mass is 10.3. The topological polar surface area (TPSA) is 67.5 Å². The Morgan fingerprint density at radius 2 is 2.29 bits per heavy atom. The monoisotopic (exact) mass is 255 g/mol. The van der Waals surface area contributed by atoms with Gasteiger partial charge in [-0.1, -0.05) is 0 Å². The van der Waals surface area contributed by atoms with Crippen molar-refractivity contribution >= 4 is 27.5 Å². The lowest BCUT2D eigenvalue weighted by molar-refractivity contribution is 0.0687. The minimum Gasteiger partial charge on any atom is -0.476 e. The lowest BCUT2D eigenvalue weighted by Gasteiger charge is -1.95. The van der Waals surface area contributed by atoms with E-state index < -0.39 is 5.97 Å². The molecule has 14 heavy (non-hydrogen) atoms. The zero-order chi connectivity index (χ0) is 10.3. The number of aromatic carboxylic acids is 1. The van der Waals surface area contributed by atoms with Gasteiger partial charge in [0.25, 0.3) is 0 Å². The number of hydrogen-bond acceptors (Lipinski definition) is 3. The average Bonchev–Trinajstić information content (AvgIpc) is 2.40. The van der Waals surface area contributed by atoms with Crippen molar-refractivity contribution in [3.05, 3.63) is 28.1 Å². The summed E-state index contributed by atoms with van der Waals surface area (Å²) in [6, 6.07) is 3.42. The largest absolute Gasteiger partial charge is 0.476 e. The molecule has 72 valence electrons. The van der Waals surface area contributed by atoms with E-state index in [9.17, 15) is 4.79 Å². The average molecular weight is 256 g/mol. The molecule has 0 bridgehead atoms. The van der Waals surface area contributed by atoms with Gasteiger partial charge in [0.15, 0.2) is 11.3 Å². The Balaban J connectivity index is 2.86. The Morgan fingerprint density at radius 1 is 1.57 bits per heavy atom. The molecule has 2 heterocycles. The highest BCUT2D eigenvalue weighted by atomic mass is 79.9. The Kier molecular flexibility index (Phi) is 1.99. The fourth-order valence-electron chi connectivity index (χ4n) is 1.27. The summed E-state index contributed by atoms with van der Waals surface area (Å²) in [6.07, 6.45) is 0. The van der Waals surface area contributed by atoms with Crippen LogP contribution in [0.15, 0.2) is 16.7 Å². The third-order valence-electron chi connectivity index (χ3n) is 1.82. The fraction of sp³-hybridized carbons (Fsp3) is 0.125. The predicted octanol–water partition coefficient (Wildman–Crippen LogP) is 1.50. The summed E-state index contributed by atoms with van der Waals surface area (Å²) < 4.78 is 1.88. The van der Waals surface area contributed by atoms with Crippen molar-refractivity contribution in [1.82, 2.24) is 14.6 Å². The van der Waals surface area contributed by atoms with Crippen molar-refractivity contribution in [1.29, 1.82) is 0 Å². The zero-order valence-electron chi connectivity index (χ0n) is 7.23. The predicted molar refractivity (Wildman–Crippen MR) is 52.4 cm³/mol. The summed E-state index contributed by atoms with van der Waals surface area (Å²) in [4.78, 5) is 15.0. The second-order valence-corrected chi connectivity index (χ2v) is 3.59. The van der Waals surface area contributed by atoms with Gasteiger partial charge in [0.2, 0.25) is 0 Å².